The highest BCUT2D eigenvalue weighted by Crippen LogP contribution is 2.40. The van der Waals surface area contributed by atoms with Crippen LogP contribution >= 0.6 is 0 Å². The third-order valence-corrected chi connectivity index (χ3v) is 9.91. The molecule has 1 N–H and O–H groups in total. The van der Waals surface area contributed by atoms with E-state index in [-0.39, 0.29) is 24.4 Å². The van der Waals surface area contributed by atoms with E-state index in [1.54, 1.807) is 11.1 Å². The minimum absolute atomic E-state index is 0.00408. The molecule has 2 aromatic heterocycles. The van der Waals surface area contributed by atoms with E-state index in [1.165, 1.54) is 0 Å². The maximum absolute atomic E-state index is 13.5. The number of alkyl halides is 3. The van der Waals surface area contributed by atoms with Gasteiger partial charge in [-0.25, -0.2) is 9.78 Å². The molecule has 0 spiro atoms. The molecule has 2 aromatic rings. The van der Waals surface area contributed by atoms with E-state index in [0.29, 0.717) is 81.2 Å². The summed E-state index contributed by atoms with van der Waals surface area (Å²) in [6.45, 7) is 7.00. The minimum Gasteiger partial charge on any atom is -0.465 e. The summed E-state index contributed by atoms with van der Waals surface area (Å²) in [5.41, 5.74) is 1.98. The summed E-state index contributed by atoms with van der Waals surface area (Å²) >= 11 is 0. The van der Waals surface area contributed by atoms with Crippen molar-refractivity contribution in [1.82, 2.24) is 19.4 Å². The van der Waals surface area contributed by atoms with Crippen LogP contribution in [0.3, 0.4) is 0 Å². The number of carbonyl (C=O) groups is 2. The van der Waals surface area contributed by atoms with Gasteiger partial charge in [-0.05, 0) is 50.1 Å². The topological polar surface area (TPSA) is 115 Å². The normalized spacial score (nSPS) is 19.4. The van der Waals surface area contributed by atoms with Crippen molar-refractivity contribution >= 4 is 36.8 Å². The Bertz CT molecular complexity index is 1330. The molecule has 236 valence electrons. The molecule has 1 aliphatic carbocycles. The van der Waals surface area contributed by atoms with E-state index in [4.69, 9.17) is 10.00 Å². The molecule has 3 heterocycles. The molecule has 0 radical (unpaired) electrons. The van der Waals surface area contributed by atoms with Gasteiger partial charge in [0.05, 0.1) is 24.0 Å². The molecule has 0 aromatic carbocycles. The van der Waals surface area contributed by atoms with Crippen molar-refractivity contribution in [2.24, 2.45) is 5.92 Å². The lowest BCUT2D eigenvalue weighted by Crippen LogP contribution is -2.52. The summed E-state index contributed by atoms with van der Waals surface area (Å²) in [7, 11) is -1.24. The van der Waals surface area contributed by atoms with E-state index in [1.807, 2.05) is 16.8 Å². The number of aromatic nitrogens is 2. The summed E-state index contributed by atoms with van der Waals surface area (Å²) < 4.78 is 46.7. The van der Waals surface area contributed by atoms with Crippen molar-refractivity contribution in [3.8, 4) is 6.07 Å². The van der Waals surface area contributed by atoms with Crippen LogP contribution in [-0.2, 0) is 11.5 Å². The number of amides is 2. The van der Waals surface area contributed by atoms with Crippen molar-refractivity contribution in [3.05, 3.63) is 24.0 Å². The van der Waals surface area contributed by atoms with Crippen LogP contribution in [0.4, 0.5) is 23.7 Å². The number of pyridine rings is 1. The highest BCUT2D eigenvalue weighted by atomic mass is 28.3. The number of halogens is 3. The van der Waals surface area contributed by atoms with Crippen molar-refractivity contribution in [3.63, 3.8) is 0 Å². The molecule has 43 heavy (non-hydrogen) atoms. The number of ether oxygens (including phenoxy) is 1. The number of hydrogen-bond acceptors (Lipinski definition) is 6. The first kappa shape index (κ1) is 32.6. The molecule has 4 rings (SSSR count). The van der Waals surface area contributed by atoms with E-state index in [0.717, 1.165) is 17.1 Å². The Morgan fingerprint density at radius 2 is 1.98 bits per heavy atom. The summed E-state index contributed by atoms with van der Waals surface area (Å²) in [6.07, 6.45) is 0.663. The van der Waals surface area contributed by atoms with Gasteiger partial charge in [0.25, 0.3) is 5.91 Å². The van der Waals surface area contributed by atoms with Gasteiger partial charge in [0.15, 0.2) is 0 Å². The average molecular weight is 623 g/mol. The first-order valence-electron chi connectivity index (χ1n) is 14.8. The van der Waals surface area contributed by atoms with Gasteiger partial charge in [-0.15, -0.1) is 0 Å². The van der Waals surface area contributed by atoms with Crippen LogP contribution in [0, 0.1) is 17.2 Å². The fourth-order valence-electron chi connectivity index (χ4n) is 5.92. The van der Waals surface area contributed by atoms with Crippen molar-refractivity contribution in [1.29, 1.82) is 5.26 Å². The van der Waals surface area contributed by atoms with Crippen molar-refractivity contribution < 1.29 is 32.6 Å². The molecule has 0 atom stereocenters. The molecule has 1 fully saturated rings. The fourth-order valence-corrected chi connectivity index (χ4v) is 6.68. The summed E-state index contributed by atoms with van der Waals surface area (Å²) in [5.74, 6) is -0.324. The van der Waals surface area contributed by atoms with Crippen LogP contribution < -0.4 is 4.90 Å². The quantitative estimate of drug-likeness (QED) is 0.229. The largest absolute Gasteiger partial charge is 0.465 e. The predicted octanol–water partition coefficient (Wildman–Crippen LogP) is 5.97. The maximum atomic E-state index is 13.5. The van der Waals surface area contributed by atoms with Gasteiger partial charge in [-0.2, -0.15) is 18.4 Å². The Morgan fingerprint density at radius 1 is 1.26 bits per heavy atom. The van der Waals surface area contributed by atoms with Gasteiger partial charge < -0.3 is 24.2 Å². The molecule has 0 unspecified atom stereocenters. The lowest BCUT2D eigenvalue weighted by Gasteiger charge is -2.45. The molecule has 0 saturated heterocycles. The molecule has 14 heteroatoms. The highest BCUT2D eigenvalue weighted by molar-refractivity contribution is 6.76. The average Bonchev–Trinajstić information content (AvgIpc) is 3.34. The van der Waals surface area contributed by atoms with E-state index in [9.17, 15) is 27.9 Å². The van der Waals surface area contributed by atoms with Crippen LogP contribution in [-0.4, -0.2) is 89.7 Å². The van der Waals surface area contributed by atoms with Gasteiger partial charge in [0.1, 0.15) is 18.9 Å². The number of rotatable bonds is 12. The van der Waals surface area contributed by atoms with Crippen molar-refractivity contribution in [2.75, 3.05) is 37.8 Å². The number of nitriles is 1. The third kappa shape index (κ3) is 8.41. The van der Waals surface area contributed by atoms with Crippen molar-refractivity contribution in [2.45, 2.75) is 83.2 Å². The lowest BCUT2D eigenvalue weighted by atomic mass is 9.84. The number of fused-ring (bicyclic) bond motifs is 3. The van der Waals surface area contributed by atoms with Crippen LogP contribution in [0.25, 0.3) is 11.0 Å². The molecular weight excluding hydrogens is 581 g/mol. The molecule has 2 aliphatic rings. The maximum Gasteiger partial charge on any atom is 0.407 e. The van der Waals surface area contributed by atoms with Gasteiger partial charge >= 0.3 is 12.3 Å². The van der Waals surface area contributed by atoms with E-state index in [2.05, 4.69) is 35.6 Å². The number of anilines is 1. The Kier molecular flexibility index (Phi) is 10.3. The molecule has 2 amide bonds. The molecule has 10 nitrogen and oxygen atoms in total. The zero-order valence-corrected chi connectivity index (χ0v) is 26.1. The fraction of sp³-hybridized carbons (Fsp3) is 0.655. The van der Waals surface area contributed by atoms with Crippen LogP contribution in [0.5, 0.6) is 0 Å². The number of unbranched alkanes of at least 4 members (excludes halogenated alkanes) is 1. The third-order valence-electron chi connectivity index (χ3n) is 8.21. The SMILES string of the molecule is C[Si](C)(C)CCOCn1ccc2c3c(cnc21)C(=O)N(CCCC#N)CN3[C@H]1CC[C@H](CN(CC(F)(F)F)C(=O)O)CC1. The van der Waals surface area contributed by atoms with Crippen LogP contribution in [0.15, 0.2) is 18.5 Å². The highest BCUT2D eigenvalue weighted by Gasteiger charge is 2.38. The monoisotopic (exact) mass is 622 g/mol. The Balaban J connectivity index is 1.55. The van der Waals surface area contributed by atoms with Gasteiger partial charge in [0.2, 0.25) is 0 Å². The number of hydrogen-bond donors (Lipinski definition) is 1. The second kappa shape index (κ2) is 13.5. The number of carboxylic acid groups (broad SMARTS) is 1. The summed E-state index contributed by atoms with van der Waals surface area (Å²) in [4.78, 5) is 34.0. The Morgan fingerprint density at radius 3 is 2.60 bits per heavy atom. The molecule has 0 bridgehead atoms. The number of nitrogens with zero attached hydrogens (tertiary/aromatic N) is 6. The first-order valence-corrected chi connectivity index (χ1v) is 18.5. The van der Waals surface area contributed by atoms with Gasteiger partial charge in [0, 0.05) is 58.0 Å². The Hall–Kier alpha value is -3.31. The molecule has 1 saturated carbocycles. The first-order chi connectivity index (χ1) is 20.3. The standard InChI is InChI=1S/C29H41F3N6O4Si/c1-43(2,3)15-14-42-20-36-13-10-23-25-24(16-34-26(23)36)27(39)35(12-5-4-11-33)19-38(25)22-8-6-21(7-9-22)17-37(28(40)41)18-29(30,31)32/h10,13,16,21-22H,4-9,12,14-15,17-20H2,1-3H3,(H,40,41)/t21-,22-. The Labute approximate surface area is 251 Å². The molecular formula is C29H41F3N6O4Si. The minimum atomic E-state index is -4.59. The smallest absolute Gasteiger partial charge is 0.407 e. The van der Waals surface area contributed by atoms with Crippen LogP contribution in [0.2, 0.25) is 25.7 Å². The van der Waals surface area contributed by atoms with E-state index >= 15 is 0 Å². The van der Waals surface area contributed by atoms with Gasteiger partial charge in [-0.3, -0.25) is 9.69 Å². The second-order valence-electron chi connectivity index (χ2n) is 12.8. The molecule has 1 aliphatic heterocycles. The predicted molar refractivity (Wildman–Crippen MR) is 158 cm³/mol. The summed E-state index contributed by atoms with van der Waals surface area (Å²) in [6, 6.07) is 5.12. The second-order valence-corrected chi connectivity index (χ2v) is 18.4. The number of carbonyl (C=O) groups excluding carboxylic acids is 1. The van der Waals surface area contributed by atoms with E-state index < -0.39 is 26.9 Å². The lowest BCUT2D eigenvalue weighted by molar-refractivity contribution is -0.143. The summed E-state index contributed by atoms with van der Waals surface area (Å²) in [5, 5.41) is 19.2. The van der Waals surface area contributed by atoms with Crippen LogP contribution in [0.1, 0.15) is 48.9 Å². The zero-order valence-electron chi connectivity index (χ0n) is 25.1. The van der Waals surface area contributed by atoms with Gasteiger partial charge in [-0.1, -0.05) is 19.6 Å². The zero-order chi connectivity index (χ0) is 31.4.